The van der Waals surface area contributed by atoms with Crippen LogP contribution in [-0.2, 0) is 37.4 Å². The predicted octanol–water partition coefficient (Wildman–Crippen LogP) is -3.03. The van der Waals surface area contributed by atoms with Gasteiger partial charge >= 0.3 is 19.9 Å². The highest BCUT2D eigenvalue weighted by atomic mass is 31.2. The minimum Gasteiger partial charge on any atom is -0.477 e. The number of carboxylic acid groups (broad SMARTS) is 1. The second-order valence-electron chi connectivity index (χ2n) is 12.7. The van der Waals surface area contributed by atoms with Crippen molar-refractivity contribution < 1.29 is 82.8 Å². The molecular formula is C30H46N5O17P. The lowest BCUT2D eigenvalue weighted by Crippen LogP contribution is -2.68. The lowest BCUT2D eigenvalue weighted by molar-refractivity contribution is -0.289. The summed E-state index contributed by atoms with van der Waals surface area (Å²) < 4.78 is 39.2. The average molecular weight is 780 g/mol. The van der Waals surface area contributed by atoms with E-state index >= 15 is 0 Å². The molecule has 0 aromatic carbocycles. The van der Waals surface area contributed by atoms with Crippen LogP contribution in [0.4, 0.5) is 4.79 Å². The fraction of sp³-hybridized carbons (Fsp3) is 0.667. The first-order valence-corrected chi connectivity index (χ1v) is 18.1. The summed E-state index contributed by atoms with van der Waals surface area (Å²) in [5.74, 6) is -6.26. The lowest BCUT2D eigenvalue weighted by atomic mass is 9.88. The van der Waals surface area contributed by atoms with Crippen LogP contribution >= 0.6 is 7.82 Å². The second-order valence-corrected chi connectivity index (χ2v) is 14.1. The van der Waals surface area contributed by atoms with E-state index < -0.39 is 113 Å². The molecule has 2 fully saturated rings. The van der Waals surface area contributed by atoms with Crippen LogP contribution in [0.15, 0.2) is 41.8 Å². The highest BCUT2D eigenvalue weighted by Crippen LogP contribution is 2.51. The van der Waals surface area contributed by atoms with E-state index in [1.165, 1.54) is 17.2 Å². The van der Waals surface area contributed by atoms with E-state index in [0.717, 1.165) is 12.8 Å². The standard InChI is InChI=1S/C30H46N5O17P/c1-15-33-20(31)9-10-35(15)27-25(42)24(41)19(50-27)14-48-53(46,47)52-30(28(43)44)11-17(37)22(26(51-30)23(40)18(38)13-36)34-21(39)12-32-29(45)49-16-7-5-3-2-4-6-8-16/h2-3,9-10,16-19,22-27,36-38,40-42H,1,4-8,11-14H2,(H2,31,33)(H,32,45)(H,34,39)(H,43,44)(H,46,47)/b3-2+/t16?,17?,18-,19-,22?,23-,24?,25?,26?,27-,30?/m1/s1. The fourth-order valence-corrected chi connectivity index (χ4v) is 6.96. The van der Waals surface area contributed by atoms with Gasteiger partial charge in [-0.25, -0.2) is 23.7 Å². The lowest BCUT2D eigenvalue weighted by Gasteiger charge is -2.46. The van der Waals surface area contributed by atoms with Crippen LogP contribution in [-0.4, -0.2) is 156 Å². The number of amidine groups is 1. The summed E-state index contributed by atoms with van der Waals surface area (Å²) in [6, 6.07) is -1.75. The normalized spacial score (nSPS) is 34.8. The van der Waals surface area contributed by atoms with E-state index in [1.54, 1.807) is 0 Å². The van der Waals surface area contributed by atoms with Gasteiger partial charge in [0.05, 0.1) is 25.4 Å². The van der Waals surface area contributed by atoms with Crippen LogP contribution in [0.1, 0.15) is 38.5 Å². The number of nitrogens with two attached hydrogens (primary N) is 1. The van der Waals surface area contributed by atoms with Gasteiger partial charge in [0, 0.05) is 12.6 Å². The third-order valence-electron chi connectivity index (χ3n) is 8.77. The van der Waals surface area contributed by atoms with Gasteiger partial charge in [-0.15, -0.1) is 0 Å². The summed E-state index contributed by atoms with van der Waals surface area (Å²) in [6.07, 6.45) is -6.86. The first-order chi connectivity index (χ1) is 25.0. The Kier molecular flexibility index (Phi) is 14.5. The SMILES string of the molecule is C=C1N=C(N)C=CN1[C@@H]1O[C@H](COP(=O)(O)OC2(C(=O)O)CC(O)C(NC(=O)CNC(=O)OC3CC/C=C/CCC3)C([C@H](O)[C@H](O)CO)O2)C(O)C1O. The minimum absolute atomic E-state index is 0.0325. The van der Waals surface area contributed by atoms with E-state index in [2.05, 4.69) is 22.2 Å². The smallest absolute Gasteiger partial charge is 0.475 e. The molecular weight excluding hydrogens is 733 g/mol. The maximum Gasteiger partial charge on any atom is 0.475 e. The number of carbonyl (C=O) groups excluding carboxylic acids is 2. The molecule has 0 radical (unpaired) electrons. The summed E-state index contributed by atoms with van der Waals surface area (Å²) in [6.45, 7) is 0.869. The van der Waals surface area contributed by atoms with Crippen molar-refractivity contribution in [2.75, 3.05) is 19.8 Å². The summed E-state index contributed by atoms with van der Waals surface area (Å²) >= 11 is 0. The van der Waals surface area contributed by atoms with Gasteiger partial charge in [0.2, 0.25) is 5.91 Å². The van der Waals surface area contributed by atoms with Crippen LogP contribution < -0.4 is 16.4 Å². The number of phosphoric acid groups is 1. The quantitative estimate of drug-likeness (QED) is 0.0617. The Morgan fingerprint density at radius 2 is 1.89 bits per heavy atom. The summed E-state index contributed by atoms with van der Waals surface area (Å²) in [5, 5.41) is 77.1. The summed E-state index contributed by atoms with van der Waals surface area (Å²) in [5.41, 5.74) is 5.61. The number of amides is 2. The topological polar surface area (TPSA) is 342 Å². The number of allylic oxidation sites excluding steroid dienone is 2. The van der Waals surface area contributed by atoms with Gasteiger partial charge < -0.3 is 76.1 Å². The van der Waals surface area contributed by atoms with Crippen LogP contribution in [0.3, 0.4) is 0 Å². The molecule has 3 heterocycles. The van der Waals surface area contributed by atoms with Crippen LogP contribution in [0, 0.1) is 0 Å². The average Bonchev–Trinajstić information content (AvgIpc) is 3.36. The van der Waals surface area contributed by atoms with E-state index in [1.807, 2.05) is 12.2 Å². The van der Waals surface area contributed by atoms with Crippen molar-refractivity contribution in [2.24, 2.45) is 10.7 Å². The van der Waals surface area contributed by atoms with E-state index in [9.17, 15) is 59.6 Å². The number of carboxylic acids is 1. The molecule has 3 aliphatic heterocycles. The Bertz CT molecular complexity index is 1480. The van der Waals surface area contributed by atoms with Crippen LogP contribution in [0.2, 0.25) is 0 Å². The molecule has 0 spiro atoms. The van der Waals surface area contributed by atoms with Gasteiger partial charge in [0.25, 0.3) is 5.79 Å². The van der Waals surface area contributed by atoms with E-state index in [0.29, 0.717) is 19.3 Å². The number of ether oxygens (including phenoxy) is 3. The number of phosphoric ester groups is 1. The molecule has 298 valence electrons. The number of aliphatic imine (C=N–C) groups is 1. The maximum absolute atomic E-state index is 13.1. The molecule has 23 heteroatoms. The molecule has 53 heavy (non-hydrogen) atoms. The zero-order valence-electron chi connectivity index (χ0n) is 28.3. The van der Waals surface area contributed by atoms with Crippen molar-refractivity contribution >= 4 is 31.6 Å². The molecule has 2 saturated heterocycles. The molecule has 12 N–H and O–H groups in total. The first-order valence-electron chi connectivity index (χ1n) is 16.6. The van der Waals surface area contributed by atoms with Gasteiger partial charge in [-0.2, -0.15) is 0 Å². The molecule has 12 atom stereocenters. The highest BCUT2D eigenvalue weighted by molar-refractivity contribution is 7.47. The number of aliphatic carboxylic acids is 1. The molecule has 0 aromatic rings. The Hall–Kier alpha value is -3.51. The molecule has 1 aliphatic carbocycles. The summed E-state index contributed by atoms with van der Waals surface area (Å²) in [7, 11) is -5.57. The maximum atomic E-state index is 13.1. The second kappa shape index (κ2) is 18.2. The molecule has 0 aromatic heterocycles. The van der Waals surface area contributed by atoms with Crippen molar-refractivity contribution in [3.8, 4) is 0 Å². The fourth-order valence-electron chi connectivity index (χ4n) is 6.01. The summed E-state index contributed by atoms with van der Waals surface area (Å²) in [4.78, 5) is 53.4. The number of hydrogen-bond donors (Lipinski definition) is 11. The van der Waals surface area contributed by atoms with Gasteiger partial charge in [0.15, 0.2) is 6.23 Å². The Morgan fingerprint density at radius 3 is 2.57 bits per heavy atom. The highest BCUT2D eigenvalue weighted by Gasteiger charge is 2.59. The Morgan fingerprint density at radius 1 is 1.17 bits per heavy atom. The third kappa shape index (κ3) is 10.8. The molecule has 0 saturated carbocycles. The first kappa shape index (κ1) is 42.2. The van der Waals surface area contributed by atoms with Crippen LogP contribution in [0.5, 0.6) is 0 Å². The van der Waals surface area contributed by atoms with E-state index in [4.69, 9.17) is 29.0 Å². The van der Waals surface area contributed by atoms with Crippen LogP contribution in [0.25, 0.3) is 0 Å². The largest absolute Gasteiger partial charge is 0.477 e. The van der Waals surface area contributed by atoms with Gasteiger partial charge in [-0.05, 0) is 38.2 Å². The number of aliphatic hydroxyl groups excluding tert-OH is 6. The number of carbonyl (C=O) groups is 3. The number of aliphatic hydroxyl groups is 6. The van der Waals surface area contributed by atoms with Crippen molar-refractivity contribution in [1.82, 2.24) is 15.5 Å². The van der Waals surface area contributed by atoms with Gasteiger partial charge in [-0.3, -0.25) is 9.32 Å². The molecule has 4 rings (SSSR count). The third-order valence-corrected chi connectivity index (χ3v) is 9.77. The van der Waals surface area contributed by atoms with Gasteiger partial charge in [0.1, 0.15) is 60.9 Å². The zero-order chi connectivity index (χ0) is 39.1. The van der Waals surface area contributed by atoms with Crippen molar-refractivity contribution in [3.05, 3.63) is 36.8 Å². The number of rotatable bonds is 14. The minimum atomic E-state index is -5.57. The van der Waals surface area contributed by atoms with E-state index in [-0.39, 0.29) is 17.8 Å². The number of nitrogens with zero attached hydrogens (tertiary/aromatic N) is 2. The zero-order valence-corrected chi connectivity index (χ0v) is 29.2. The molecule has 22 nitrogen and oxygen atoms in total. The number of nitrogens with one attached hydrogen (secondary N) is 2. The Labute approximate surface area is 302 Å². The van der Waals surface area contributed by atoms with Crippen molar-refractivity contribution in [2.45, 2.75) is 105 Å². The van der Waals surface area contributed by atoms with Gasteiger partial charge in [-0.1, -0.05) is 18.7 Å². The molecule has 2 amide bonds. The molecule has 8 unspecified atom stereocenters. The molecule has 4 aliphatic rings. The number of hydrogen-bond acceptors (Lipinski definition) is 18. The van der Waals surface area contributed by atoms with Crippen molar-refractivity contribution in [1.29, 1.82) is 0 Å². The number of alkyl carbamates (subject to hydrolysis) is 1. The monoisotopic (exact) mass is 779 g/mol. The predicted molar refractivity (Wildman–Crippen MR) is 177 cm³/mol. The van der Waals surface area contributed by atoms with Crippen molar-refractivity contribution in [3.63, 3.8) is 0 Å². The Balaban J connectivity index is 1.41. The molecule has 0 bridgehead atoms.